The van der Waals surface area contributed by atoms with Gasteiger partial charge in [0, 0.05) is 30.9 Å². The highest BCUT2D eigenvalue weighted by Crippen LogP contribution is 2.18. The van der Waals surface area contributed by atoms with Crippen LogP contribution in [0, 0.1) is 0 Å². The molecule has 2 atom stereocenters. The van der Waals surface area contributed by atoms with E-state index in [2.05, 4.69) is 55.3 Å². The molecule has 0 bridgehead atoms. The van der Waals surface area contributed by atoms with Crippen LogP contribution in [-0.4, -0.2) is 25.2 Å². The van der Waals surface area contributed by atoms with E-state index in [0.717, 1.165) is 19.5 Å². The minimum Gasteiger partial charge on any atom is -0.368 e. The third kappa shape index (κ3) is 2.56. The molecule has 0 aliphatic carbocycles. The van der Waals surface area contributed by atoms with Crippen LogP contribution in [0.1, 0.15) is 26.3 Å². The van der Waals surface area contributed by atoms with Crippen molar-refractivity contribution in [3.8, 4) is 0 Å². The number of rotatable bonds is 2. The van der Waals surface area contributed by atoms with Crippen molar-refractivity contribution in [1.82, 2.24) is 5.32 Å². The topological polar surface area (TPSA) is 15.3 Å². The molecule has 0 spiro atoms. The van der Waals surface area contributed by atoms with Crippen molar-refractivity contribution in [1.29, 1.82) is 0 Å². The van der Waals surface area contributed by atoms with Crippen LogP contribution in [0.3, 0.4) is 0 Å². The Hall–Kier alpha value is -1.02. The fourth-order valence-electron chi connectivity index (χ4n) is 2.48. The van der Waals surface area contributed by atoms with Gasteiger partial charge in [-0.3, -0.25) is 0 Å². The summed E-state index contributed by atoms with van der Waals surface area (Å²) in [4.78, 5) is 2.48. The van der Waals surface area contributed by atoms with E-state index in [0.29, 0.717) is 12.1 Å². The van der Waals surface area contributed by atoms with Crippen LogP contribution in [0.15, 0.2) is 24.3 Å². The molecular weight excluding hydrogens is 196 g/mol. The van der Waals surface area contributed by atoms with Crippen molar-refractivity contribution in [2.75, 3.05) is 18.0 Å². The number of benzene rings is 1. The molecule has 16 heavy (non-hydrogen) atoms. The number of anilines is 1. The van der Waals surface area contributed by atoms with Gasteiger partial charge >= 0.3 is 0 Å². The lowest BCUT2D eigenvalue weighted by Crippen LogP contribution is -2.54. The number of hydrogen-bond donors (Lipinski definition) is 1. The normalized spacial score (nSPS) is 25.8. The molecular formula is C14H22N2. The van der Waals surface area contributed by atoms with Gasteiger partial charge < -0.3 is 10.2 Å². The number of hydrogen-bond acceptors (Lipinski definition) is 2. The van der Waals surface area contributed by atoms with Crippen LogP contribution < -0.4 is 10.2 Å². The van der Waals surface area contributed by atoms with Gasteiger partial charge in [0.2, 0.25) is 0 Å². The summed E-state index contributed by atoms with van der Waals surface area (Å²) in [5, 5.41) is 3.56. The van der Waals surface area contributed by atoms with Gasteiger partial charge in [-0.25, -0.2) is 0 Å². The van der Waals surface area contributed by atoms with Crippen molar-refractivity contribution < 1.29 is 0 Å². The number of nitrogens with one attached hydrogen (secondary N) is 1. The predicted octanol–water partition coefficient (Wildman–Crippen LogP) is 2.44. The van der Waals surface area contributed by atoms with Crippen LogP contribution in [0.5, 0.6) is 0 Å². The molecule has 88 valence electrons. The lowest BCUT2D eigenvalue weighted by molar-refractivity contribution is 0.407. The molecule has 1 aromatic carbocycles. The van der Waals surface area contributed by atoms with Crippen LogP contribution in [-0.2, 0) is 6.42 Å². The lowest BCUT2D eigenvalue weighted by atomic mass is 10.1. The quantitative estimate of drug-likeness (QED) is 0.820. The molecule has 1 N–H and O–H groups in total. The summed E-state index contributed by atoms with van der Waals surface area (Å²) >= 11 is 0. The molecule has 2 rings (SSSR count). The largest absolute Gasteiger partial charge is 0.368 e. The van der Waals surface area contributed by atoms with Crippen molar-refractivity contribution in [2.24, 2.45) is 0 Å². The molecule has 0 radical (unpaired) electrons. The smallest absolute Gasteiger partial charge is 0.0367 e. The Labute approximate surface area is 98.7 Å². The molecule has 2 unspecified atom stereocenters. The molecule has 1 heterocycles. The van der Waals surface area contributed by atoms with Gasteiger partial charge in [-0.1, -0.05) is 19.1 Å². The fourth-order valence-corrected chi connectivity index (χ4v) is 2.48. The zero-order chi connectivity index (χ0) is 11.5. The Morgan fingerprint density at radius 2 is 1.69 bits per heavy atom. The fraction of sp³-hybridized carbons (Fsp3) is 0.571. The molecule has 0 saturated carbocycles. The van der Waals surface area contributed by atoms with Crippen molar-refractivity contribution >= 4 is 5.69 Å². The SMILES string of the molecule is CCc1ccc(N2CC(C)NC(C)C2)cc1. The second kappa shape index (κ2) is 4.88. The molecule has 0 aromatic heterocycles. The number of aryl methyl sites for hydroxylation is 1. The third-order valence-electron chi connectivity index (χ3n) is 3.27. The summed E-state index contributed by atoms with van der Waals surface area (Å²) in [6, 6.07) is 10.1. The molecule has 2 nitrogen and oxygen atoms in total. The maximum Gasteiger partial charge on any atom is 0.0367 e. The average Bonchev–Trinajstić information content (AvgIpc) is 2.28. The number of nitrogens with zero attached hydrogens (tertiary/aromatic N) is 1. The lowest BCUT2D eigenvalue weighted by Gasteiger charge is -2.37. The second-order valence-corrected chi connectivity index (χ2v) is 4.89. The zero-order valence-corrected chi connectivity index (χ0v) is 10.5. The summed E-state index contributed by atoms with van der Waals surface area (Å²) in [5.41, 5.74) is 2.78. The number of piperazine rings is 1. The van der Waals surface area contributed by atoms with Gasteiger partial charge in [0.1, 0.15) is 0 Å². The maximum absolute atomic E-state index is 3.56. The summed E-state index contributed by atoms with van der Waals surface area (Å²) in [5.74, 6) is 0. The Balaban J connectivity index is 2.10. The van der Waals surface area contributed by atoms with E-state index in [-0.39, 0.29) is 0 Å². The average molecular weight is 218 g/mol. The van der Waals surface area contributed by atoms with E-state index >= 15 is 0 Å². The summed E-state index contributed by atoms with van der Waals surface area (Å²) < 4.78 is 0. The minimum absolute atomic E-state index is 0.578. The minimum atomic E-state index is 0.578. The van der Waals surface area contributed by atoms with Gasteiger partial charge in [0.05, 0.1) is 0 Å². The third-order valence-corrected chi connectivity index (χ3v) is 3.27. The van der Waals surface area contributed by atoms with E-state index in [9.17, 15) is 0 Å². The van der Waals surface area contributed by atoms with E-state index in [1.807, 2.05) is 0 Å². The van der Waals surface area contributed by atoms with Gasteiger partial charge in [0.25, 0.3) is 0 Å². The van der Waals surface area contributed by atoms with Crippen molar-refractivity contribution in [2.45, 2.75) is 39.3 Å². The molecule has 1 aliphatic heterocycles. The molecule has 2 heteroatoms. The predicted molar refractivity (Wildman–Crippen MR) is 70.1 cm³/mol. The molecule has 1 saturated heterocycles. The molecule has 1 aromatic rings. The maximum atomic E-state index is 3.56. The van der Waals surface area contributed by atoms with Crippen LogP contribution in [0.25, 0.3) is 0 Å². The first-order valence-corrected chi connectivity index (χ1v) is 6.29. The van der Waals surface area contributed by atoms with E-state index in [1.54, 1.807) is 0 Å². The van der Waals surface area contributed by atoms with E-state index in [4.69, 9.17) is 0 Å². The van der Waals surface area contributed by atoms with Crippen LogP contribution >= 0.6 is 0 Å². The molecule has 1 aliphatic rings. The first-order chi connectivity index (χ1) is 7.69. The monoisotopic (exact) mass is 218 g/mol. The Bertz CT molecular complexity index is 321. The highest BCUT2D eigenvalue weighted by atomic mass is 15.2. The standard InChI is InChI=1S/C14H22N2/c1-4-13-5-7-14(8-6-13)16-9-11(2)15-12(3)10-16/h5-8,11-12,15H,4,9-10H2,1-3H3. The van der Waals surface area contributed by atoms with Crippen LogP contribution in [0.4, 0.5) is 5.69 Å². The van der Waals surface area contributed by atoms with Gasteiger partial charge in [-0.2, -0.15) is 0 Å². The van der Waals surface area contributed by atoms with Crippen molar-refractivity contribution in [3.63, 3.8) is 0 Å². The van der Waals surface area contributed by atoms with Crippen LogP contribution in [0.2, 0.25) is 0 Å². The summed E-state index contributed by atoms with van der Waals surface area (Å²) in [6.45, 7) is 8.92. The Kier molecular flexibility index (Phi) is 3.49. The Morgan fingerprint density at radius 1 is 1.12 bits per heavy atom. The second-order valence-electron chi connectivity index (χ2n) is 4.89. The molecule has 1 fully saturated rings. The van der Waals surface area contributed by atoms with Gasteiger partial charge in [0.15, 0.2) is 0 Å². The van der Waals surface area contributed by atoms with Gasteiger partial charge in [-0.05, 0) is 38.0 Å². The summed E-state index contributed by atoms with van der Waals surface area (Å²) in [7, 11) is 0. The van der Waals surface area contributed by atoms with Gasteiger partial charge in [-0.15, -0.1) is 0 Å². The Morgan fingerprint density at radius 3 is 2.19 bits per heavy atom. The first-order valence-electron chi connectivity index (χ1n) is 6.29. The zero-order valence-electron chi connectivity index (χ0n) is 10.5. The highest BCUT2D eigenvalue weighted by Gasteiger charge is 2.20. The van der Waals surface area contributed by atoms with E-state index in [1.165, 1.54) is 11.3 Å². The highest BCUT2D eigenvalue weighted by molar-refractivity contribution is 5.48. The van der Waals surface area contributed by atoms with E-state index < -0.39 is 0 Å². The first kappa shape index (κ1) is 11.5. The summed E-state index contributed by atoms with van der Waals surface area (Å²) in [6.07, 6.45) is 1.12. The molecule has 0 amide bonds. The van der Waals surface area contributed by atoms with Crippen molar-refractivity contribution in [3.05, 3.63) is 29.8 Å².